The van der Waals surface area contributed by atoms with E-state index in [1.807, 2.05) is 18.2 Å². The van der Waals surface area contributed by atoms with Crippen LogP contribution in [-0.2, 0) is 0 Å². The van der Waals surface area contributed by atoms with Gasteiger partial charge in [0.2, 0.25) is 0 Å². The first-order valence-corrected chi connectivity index (χ1v) is 9.35. The van der Waals surface area contributed by atoms with Crippen molar-refractivity contribution in [1.29, 1.82) is 0 Å². The van der Waals surface area contributed by atoms with Crippen molar-refractivity contribution in [2.24, 2.45) is 11.8 Å². The zero-order valence-corrected chi connectivity index (χ0v) is 15.8. The van der Waals surface area contributed by atoms with Crippen molar-refractivity contribution in [2.45, 2.75) is 26.4 Å². The van der Waals surface area contributed by atoms with Gasteiger partial charge in [0.1, 0.15) is 5.75 Å². The van der Waals surface area contributed by atoms with Crippen LogP contribution in [0.1, 0.15) is 30.6 Å². The standard InChI is InChI=1S/C15H23NO3.C7H8/c1-2-11-7-16(8-13(11)10-17)9-15(19)12-3-5-14(18)6-4-12;1-7-5-3-2-4-6-7/h3-6,11,13,15,17-19H,2,7-10H2,1H3;2-6H,1H3/t11-,13-,15?;/m1./s1. The van der Waals surface area contributed by atoms with Crippen LogP contribution in [0, 0.1) is 18.8 Å². The Morgan fingerprint density at radius 3 is 2.08 bits per heavy atom. The summed E-state index contributed by atoms with van der Waals surface area (Å²) in [6.45, 7) is 6.83. The highest BCUT2D eigenvalue weighted by Crippen LogP contribution is 2.27. The third-order valence-electron chi connectivity index (χ3n) is 5.06. The third kappa shape index (κ3) is 6.13. The minimum absolute atomic E-state index is 0.212. The molecule has 4 nitrogen and oxygen atoms in total. The molecule has 26 heavy (non-hydrogen) atoms. The average molecular weight is 357 g/mol. The molecule has 0 saturated carbocycles. The number of benzene rings is 2. The van der Waals surface area contributed by atoms with Gasteiger partial charge in [-0.25, -0.2) is 0 Å². The number of nitrogens with zero attached hydrogens (tertiary/aromatic N) is 1. The van der Waals surface area contributed by atoms with Gasteiger partial charge < -0.3 is 15.3 Å². The summed E-state index contributed by atoms with van der Waals surface area (Å²) in [5, 5.41) is 28.8. The Hall–Kier alpha value is -1.88. The minimum Gasteiger partial charge on any atom is -0.508 e. The Labute approximate surface area is 156 Å². The molecule has 3 N–H and O–H groups in total. The Kier molecular flexibility index (Phi) is 8.10. The van der Waals surface area contributed by atoms with E-state index in [9.17, 15) is 15.3 Å². The first-order valence-electron chi connectivity index (χ1n) is 9.35. The maximum absolute atomic E-state index is 10.2. The molecule has 0 amide bonds. The van der Waals surface area contributed by atoms with Gasteiger partial charge in [0.25, 0.3) is 0 Å². The highest BCUT2D eigenvalue weighted by molar-refractivity contribution is 5.27. The average Bonchev–Trinajstić information content (AvgIpc) is 3.05. The summed E-state index contributed by atoms with van der Waals surface area (Å²) in [6.07, 6.45) is 0.521. The van der Waals surface area contributed by atoms with Crippen LogP contribution < -0.4 is 0 Å². The fourth-order valence-corrected chi connectivity index (χ4v) is 3.44. The molecular formula is C22H31NO3. The van der Waals surface area contributed by atoms with E-state index in [0.717, 1.165) is 25.1 Å². The normalized spacial score (nSPS) is 21.1. The van der Waals surface area contributed by atoms with E-state index in [4.69, 9.17) is 0 Å². The van der Waals surface area contributed by atoms with Crippen molar-refractivity contribution in [2.75, 3.05) is 26.2 Å². The quantitative estimate of drug-likeness (QED) is 0.768. The predicted molar refractivity (Wildman–Crippen MR) is 105 cm³/mol. The van der Waals surface area contributed by atoms with E-state index in [1.165, 1.54) is 5.56 Å². The van der Waals surface area contributed by atoms with Gasteiger partial charge in [-0.2, -0.15) is 0 Å². The lowest BCUT2D eigenvalue weighted by molar-refractivity contribution is 0.121. The van der Waals surface area contributed by atoms with Gasteiger partial charge in [-0.05, 0) is 36.5 Å². The van der Waals surface area contributed by atoms with E-state index >= 15 is 0 Å². The highest BCUT2D eigenvalue weighted by atomic mass is 16.3. The molecule has 3 rings (SSSR count). The number of phenolic OH excluding ortho intramolecular Hbond substituents is 1. The van der Waals surface area contributed by atoms with E-state index in [2.05, 4.69) is 30.9 Å². The van der Waals surface area contributed by atoms with Crippen LogP contribution in [0.25, 0.3) is 0 Å². The molecule has 1 saturated heterocycles. The molecule has 1 unspecified atom stereocenters. The smallest absolute Gasteiger partial charge is 0.115 e. The zero-order chi connectivity index (χ0) is 18.9. The molecule has 142 valence electrons. The second-order valence-corrected chi connectivity index (χ2v) is 7.09. The van der Waals surface area contributed by atoms with Gasteiger partial charge in [-0.1, -0.05) is 61.4 Å². The van der Waals surface area contributed by atoms with Crippen molar-refractivity contribution in [3.63, 3.8) is 0 Å². The lowest BCUT2D eigenvalue weighted by Gasteiger charge is -2.20. The van der Waals surface area contributed by atoms with E-state index in [0.29, 0.717) is 18.4 Å². The number of hydrogen-bond acceptors (Lipinski definition) is 4. The van der Waals surface area contributed by atoms with Crippen molar-refractivity contribution >= 4 is 0 Å². The van der Waals surface area contributed by atoms with Gasteiger partial charge in [0.05, 0.1) is 6.10 Å². The Morgan fingerprint density at radius 1 is 1.00 bits per heavy atom. The van der Waals surface area contributed by atoms with E-state index in [1.54, 1.807) is 24.3 Å². The number of likely N-dealkylation sites (tertiary alicyclic amines) is 1. The molecular weight excluding hydrogens is 326 g/mol. The van der Waals surface area contributed by atoms with E-state index in [-0.39, 0.29) is 12.4 Å². The number of β-amino-alcohol motifs (C(OH)–C–C–N with tert-alkyl or cyclic N) is 1. The Balaban J connectivity index is 0.000000290. The van der Waals surface area contributed by atoms with Crippen LogP contribution in [0.15, 0.2) is 54.6 Å². The van der Waals surface area contributed by atoms with Crippen molar-refractivity contribution in [1.82, 2.24) is 4.90 Å². The SMILES string of the molecule is CC[C@@H]1CN(CC(O)c2ccc(O)cc2)C[C@@H]1CO.Cc1ccccc1. The molecule has 2 aromatic carbocycles. The third-order valence-corrected chi connectivity index (χ3v) is 5.06. The molecule has 1 fully saturated rings. The lowest BCUT2D eigenvalue weighted by atomic mass is 9.95. The van der Waals surface area contributed by atoms with Crippen molar-refractivity contribution in [3.05, 3.63) is 65.7 Å². The van der Waals surface area contributed by atoms with Crippen LogP contribution in [0.2, 0.25) is 0 Å². The molecule has 0 bridgehead atoms. The van der Waals surface area contributed by atoms with Gasteiger partial charge >= 0.3 is 0 Å². The Bertz CT molecular complexity index is 618. The molecule has 1 aliphatic rings. The second kappa shape index (κ2) is 10.3. The second-order valence-electron chi connectivity index (χ2n) is 7.09. The van der Waals surface area contributed by atoms with Crippen LogP contribution in [-0.4, -0.2) is 46.5 Å². The fourth-order valence-electron chi connectivity index (χ4n) is 3.44. The lowest BCUT2D eigenvalue weighted by Crippen LogP contribution is -2.27. The largest absolute Gasteiger partial charge is 0.508 e. The van der Waals surface area contributed by atoms with Crippen molar-refractivity contribution in [3.8, 4) is 5.75 Å². The van der Waals surface area contributed by atoms with Gasteiger partial charge in [-0.15, -0.1) is 0 Å². The first kappa shape index (κ1) is 20.4. The first-order chi connectivity index (χ1) is 12.5. The highest BCUT2D eigenvalue weighted by Gasteiger charge is 2.31. The summed E-state index contributed by atoms with van der Waals surface area (Å²) < 4.78 is 0. The maximum atomic E-state index is 10.2. The number of aliphatic hydroxyl groups is 2. The number of aromatic hydroxyl groups is 1. The van der Waals surface area contributed by atoms with E-state index < -0.39 is 6.10 Å². The van der Waals surface area contributed by atoms with Crippen molar-refractivity contribution < 1.29 is 15.3 Å². The van der Waals surface area contributed by atoms with Crippen LogP contribution in [0.5, 0.6) is 5.75 Å². The predicted octanol–water partition coefficient (Wildman–Crippen LogP) is 3.37. The topological polar surface area (TPSA) is 63.9 Å². The maximum Gasteiger partial charge on any atom is 0.115 e. The molecule has 0 spiro atoms. The summed E-state index contributed by atoms with van der Waals surface area (Å²) in [5.74, 6) is 1.07. The molecule has 0 aromatic heterocycles. The Morgan fingerprint density at radius 2 is 1.62 bits per heavy atom. The zero-order valence-electron chi connectivity index (χ0n) is 15.8. The summed E-state index contributed by atoms with van der Waals surface area (Å²) >= 11 is 0. The molecule has 4 heteroatoms. The molecule has 0 aliphatic carbocycles. The molecule has 1 heterocycles. The fraction of sp³-hybridized carbons (Fsp3) is 0.455. The monoisotopic (exact) mass is 357 g/mol. The molecule has 0 radical (unpaired) electrons. The summed E-state index contributed by atoms with van der Waals surface area (Å²) in [4.78, 5) is 2.21. The molecule has 2 aromatic rings. The van der Waals surface area contributed by atoms with Crippen LogP contribution in [0.4, 0.5) is 0 Å². The van der Waals surface area contributed by atoms with Gasteiger partial charge in [-0.3, -0.25) is 4.90 Å². The minimum atomic E-state index is -0.546. The summed E-state index contributed by atoms with van der Waals surface area (Å²) in [7, 11) is 0. The van der Waals surface area contributed by atoms with Crippen LogP contribution >= 0.6 is 0 Å². The molecule has 1 aliphatic heterocycles. The van der Waals surface area contributed by atoms with Gasteiger partial charge in [0, 0.05) is 26.2 Å². The molecule has 3 atom stereocenters. The number of hydrogen-bond donors (Lipinski definition) is 3. The summed E-state index contributed by atoms with van der Waals surface area (Å²) in [6, 6.07) is 16.9. The number of aryl methyl sites for hydroxylation is 1. The number of rotatable bonds is 5. The van der Waals surface area contributed by atoms with Crippen LogP contribution in [0.3, 0.4) is 0 Å². The number of phenols is 1. The van der Waals surface area contributed by atoms with Gasteiger partial charge in [0.15, 0.2) is 0 Å². The number of aliphatic hydroxyl groups excluding tert-OH is 2. The summed E-state index contributed by atoms with van der Waals surface area (Å²) in [5.41, 5.74) is 2.14.